The van der Waals surface area contributed by atoms with Crippen LogP contribution >= 0.6 is 7.82 Å². The molecule has 70 heavy (non-hydrogen) atoms. The van der Waals surface area contributed by atoms with Crippen molar-refractivity contribution in [2.75, 3.05) is 40.9 Å². The number of phosphoric acid groups is 1. The van der Waals surface area contributed by atoms with E-state index < -0.39 is 20.0 Å². The minimum absolute atomic E-state index is 0.000734. The van der Waals surface area contributed by atoms with Gasteiger partial charge in [0.2, 0.25) is 5.91 Å². The lowest BCUT2D eigenvalue weighted by Gasteiger charge is -2.30. The van der Waals surface area contributed by atoms with Gasteiger partial charge in [-0.25, -0.2) is 0 Å². The minimum Gasteiger partial charge on any atom is -0.756 e. The molecular weight excluding hydrogens is 888 g/mol. The van der Waals surface area contributed by atoms with E-state index in [1.807, 2.05) is 21.1 Å². The highest BCUT2D eigenvalue weighted by atomic mass is 31.2. The van der Waals surface area contributed by atoms with Crippen LogP contribution in [0.15, 0.2) is 134 Å². The van der Waals surface area contributed by atoms with Crippen LogP contribution in [0.4, 0.5) is 0 Å². The van der Waals surface area contributed by atoms with E-state index in [2.05, 4.69) is 153 Å². The number of carbonyl (C=O) groups excluding carboxylic acids is 1. The second-order valence-electron chi connectivity index (χ2n) is 19.2. The van der Waals surface area contributed by atoms with Crippen LogP contribution in [-0.2, 0) is 18.4 Å². The van der Waals surface area contributed by atoms with Crippen molar-refractivity contribution in [2.45, 2.75) is 206 Å². The third-order valence-electron chi connectivity index (χ3n) is 11.4. The Kier molecular flexibility index (Phi) is 48.1. The normalized spacial score (nSPS) is 15.0. The molecule has 0 heterocycles. The molecule has 398 valence electrons. The van der Waals surface area contributed by atoms with Gasteiger partial charge in [-0.3, -0.25) is 9.36 Å². The highest BCUT2D eigenvalue weighted by Crippen LogP contribution is 2.38. The fraction of sp³-hybridized carbons (Fsp3) is 0.623. The van der Waals surface area contributed by atoms with Crippen LogP contribution in [0.5, 0.6) is 0 Å². The summed E-state index contributed by atoms with van der Waals surface area (Å²) >= 11 is 0. The summed E-state index contributed by atoms with van der Waals surface area (Å²) in [7, 11) is 1.27. The van der Waals surface area contributed by atoms with Gasteiger partial charge >= 0.3 is 0 Å². The Balaban J connectivity index is 4.11. The van der Waals surface area contributed by atoms with Gasteiger partial charge in [0.15, 0.2) is 0 Å². The van der Waals surface area contributed by atoms with Crippen molar-refractivity contribution < 1.29 is 32.9 Å². The lowest BCUT2D eigenvalue weighted by molar-refractivity contribution is -0.870. The molecule has 0 aromatic heterocycles. The molecule has 0 fully saturated rings. The van der Waals surface area contributed by atoms with Gasteiger partial charge in [-0.2, -0.15) is 0 Å². The van der Waals surface area contributed by atoms with Crippen LogP contribution in [0.2, 0.25) is 0 Å². The number of nitrogens with zero attached hydrogens (tertiary/aromatic N) is 1. The molecule has 0 aliphatic heterocycles. The van der Waals surface area contributed by atoms with E-state index in [1.165, 1.54) is 38.5 Å². The predicted molar refractivity (Wildman–Crippen MR) is 302 cm³/mol. The largest absolute Gasteiger partial charge is 0.756 e. The zero-order valence-corrected chi connectivity index (χ0v) is 46.1. The third-order valence-corrected chi connectivity index (χ3v) is 12.4. The summed E-state index contributed by atoms with van der Waals surface area (Å²) in [5.41, 5.74) is 0. The summed E-state index contributed by atoms with van der Waals surface area (Å²) in [5.74, 6) is -0.193. The maximum absolute atomic E-state index is 12.9. The summed E-state index contributed by atoms with van der Waals surface area (Å²) < 4.78 is 23.2. The number of unbranched alkanes of at least 4 members (excludes halogenated alkanes) is 13. The summed E-state index contributed by atoms with van der Waals surface area (Å²) in [6, 6.07) is -0.818. The molecule has 0 aromatic carbocycles. The number of amides is 1. The average molecular weight is 991 g/mol. The maximum Gasteiger partial charge on any atom is 0.268 e. The predicted octanol–water partition coefficient (Wildman–Crippen LogP) is 16.1. The van der Waals surface area contributed by atoms with Crippen molar-refractivity contribution >= 4 is 13.7 Å². The number of aliphatic hydroxyl groups is 1. The first-order chi connectivity index (χ1) is 34.0. The maximum atomic E-state index is 12.9. The highest BCUT2D eigenvalue weighted by molar-refractivity contribution is 7.45. The van der Waals surface area contributed by atoms with Crippen molar-refractivity contribution in [1.29, 1.82) is 0 Å². The van der Waals surface area contributed by atoms with Gasteiger partial charge in [0.25, 0.3) is 7.82 Å². The Morgan fingerprint density at radius 3 is 1.27 bits per heavy atom. The van der Waals surface area contributed by atoms with Crippen LogP contribution in [0.1, 0.15) is 194 Å². The number of hydrogen-bond acceptors (Lipinski definition) is 6. The Morgan fingerprint density at radius 1 is 0.514 bits per heavy atom. The van der Waals surface area contributed by atoms with Crippen molar-refractivity contribution in [3.63, 3.8) is 0 Å². The number of hydrogen-bond donors (Lipinski definition) is 2. The van der Waals surface area contributed by atoms with Crippen LogP contribution in [0, 0.1) is 0 Å². The summed E-state index contributed by atoms with van der Waals surface area (Å²) in [6.45, 7) is 4.53. The van der Waals surface area contributed by atoms with E-state index in [1.54, 1.807) is 0 Å². The first-order valence-corrected chi connectivity index (χ1v) is 29.0. The molecule has 0 aromatic rings. The van der Waals surface area contributed by atoms with Crippen molar-refractivity contribution in [3.05, 3.63) is 134 Å². The van der Waals surface area contributed by atoms with E-state index in [-0.39, 0.29) is 19.1 Å². The van der Waals surface area contributed by atoms with Crippen molar-refractivity contribution in [2.24, 2.45) is 0 Å². The molecule has 0 radical (unpaired) electrons. The van der Waals surface area contributed by atoms with Crippen LogP contribution < -0.4 is 10.2 Å². The Labute approximate surface area is 430 Å². The molecule has 3 unspecified atom stereocenters. The zero-order valence-electron chi connectivity index (χ0n) is 45.2. The smallest absolute Gasteiger partial charge is 0.268 e. The summed E-state index contributed by atoms with van der Waals surface area (Å²) in [4.78, 5) is 25.4. The topological polar surface area (TPSA) is 108 Å². The van der Waals surface area contributed by atoms with Gasteiger partial charge in [-0.15, -0.1) is 0 Å². The second kappa shape index (κ2) is 50.6. The number of aliphatic hydroxyl groups excluding tert-OH is 1. The molecule has 0 rings (SSSR count). The monoisotopic (exact) mass is 991 g/mol. The summed E-state index contributed by atoms with van der Waals surface area (Å²) in [5, 5.41) is 13.9. The van der Waals surface area contributed by atoms with Crippen LogP contribution in [0.25, 0.3) is 0 Å². The Morgan fingerprint density at radius 2 is 0.871 bits per heavy atom. The fourth-order valence-electron chi connectivity index (χ4n) is 7.10. The lowest BCUT2D eigenvalue weighted by Crippen LogP contribution is -2.46. The van der Waals surface area contributed by atoms with Gasteiger partial charge < -0.3 is 28.8 Å². The molecule has 1 amide bonds. The molecule has 0 aliphatic rings. The van der Waals surface area contributed by atoms with Crippen molar-refractivity contribution in [1.82, 2.24) is 5.32 Å². The van der Waals surface area contributed by atoms with Gasteiger partial charge in [0.05, 0.1) is 39.9 Å². The van der Waals surface area contributed by atoms with E-state index in [4.69, 9.17) is 9.05 Å². The second-order valence-corrected chi connectivity index (χ2v) is 20.6. The van der Waals surface area contributed by atoms with Gasteiger partial charge in [-0.05, 0) is 96.3 Å². The van der Waals surface area contributed by atoms with Gasteiger partial charge in [0.1, 0.15) is 13.2 Å². The quantitative estimate of drug-likeness (QED) is 0.0272. The average Bonchev–Trinajstić information content (AvgIpc) is 3.32. The van der Waals surface area contributed by atoms with Gasteiger partial charge in [0, 0.05) is 6.42 Å². The Hall–Kier alpha value is -3.36. The fourth-order valence-corrected chi connectivity index (χ4v) is 7.82. The van der Waals surface area contributed by atoms with Crippen LogP contribution in [-0.4, -0.2) is 68.5 Å². The lowest BCUT2D eigenvalue weighted by atomic mass is 10.0. The van der Waals surface area contributed by atoms with E-state index in [0.717, 1.165) is 128 Å². The van der Waals surface area contributed by atoms with Crippen LogP contribution in [0.3, 0.4) is 0 Å². The van der Waals surface area contributed by atoms with E-state index >= 15 is 0 Å². The number of nitrogens with one attached hydrogen (secondary N) is 1. The molecule has 0 saturated carbocycles. The molecule has 0 spiro atoms. The van der Waals surface area contributed by atoms with E-state index in [9.17, 15) is 19.4 Å². The SMILES string of the molecule is CC/C=C\C/C=C\C/C=C\C/C=C\C/C=C\C/C=C\C/C=C\C/C=C\C/C=C\C/C=C\C/C=C\CCCCCCCC(=O)NC(COP(=O)([O-])OCC[N+](C)(C)C)C(O)CCCCCCCCCCC. The molecular formula is C61H103N2O6P. The molecule has 9 heteroatoms. The number of quaternary nitrogens is 1. The molecule has 0 aliphatic carbocycles. The molecule has 0 saturated heterocycles. The molecule has 3 atom stereocenters. The molecule has 8 nitrogen and oxygen atoms in total. The minimum atomic E-state index is -4.58. The number of likely N-dealkylation sites (N-methyl/N-ethyl adjacent to an activating group) is 1. The molecule has 0 bridgehead atoms. The molecule has 2 N–H and O–H groups in total. The number of allylic oxidation sites excluding steroid dienone is 22. The first-order valence-electron chi connectivity index (χ1n) is 27.5. The highest BCUT2D eigenvalue weighted by Gasteiger charge is 2.24. The summed E-state index contributed by atoms with van der Waals surface area (Å²) in [6.07, 6.45) is 76.4. The van der Waals surface area contributed by atoms with Crippen molar-refractivity contribution in [3.8, 4) is 0 Å². The zero-order chi connectivity index (χ0) is 51.3. The number of carbonyl (C=O) groups is 1. The standard InChI is InChI=1S/C61H103N2O6P/c1-6-8-10-12-14-16-17-18-19-20-21-22-23-24-25-26-27-28-29-30-31-32-33-34-35-36-37-38-39-40-41-42-43-44-45-47-49-51-53-55-61(65)62-59(58-69-70(66,67)68-57-56-63(3,4)5)60(64)54-52-50-48-46-15-13-11-9-7-2/h8,10,14,16,18-19,21-22,24-25,27-28,30-31,33-34,36-37,39-40,42-43,59-60,64H,6-7,9,11-13,15,17,20,23,26,29,32,35,38,41,44-58H2,1-5H3,(H-,62,65,66,67)/b10-8-,16-14-,19-18-,22-21-,25-24-,28-27-,31-30-,34-33-,37-36-,40-39-,43-42-. The third kappa shape index (κ3) is 52.5. The van der Waals surface area contributed by atoms with Gasteiger partial charge in [-0.1, -0.05) is 225 Å². The Bertz CT molecular complexity index is 1590. The van der Waals surface area contributed by atoms with E-state index in [0.29, 0.717) is 23.9 Å². The first kappa shape index (κ1) is 66.6. The number of phosphoric ester groups is 1. The number of rotatable bonds is 48.